The first-order chi connectivity index (χ1) is 16.3. The van der Waals surface area contributed by atoms with Crippen LogP contribution in [0.4, 0.5) is 14.0 Å². The Morgan fingerprint density at radius 3 is 2.62 bits per heavy atom. The van der Waals surface area contributed by atoms with Gasteiger partial charge in [-0.25, -0.2) is 18.8 Å². The van der Waals surface area contributed by atoms with Gasteiger partial charge in [0.05, 0.1) is 18.2 Å². The molecule has 1 aromatic carbocycles. The molecule has 34 heavy (non-hydrogen) atoms. The molecule has 2 heterocycles. The summed E-state index contributed by atoms with van der Waals surface area (Å²) in [4.78, 5) is 43.9. The van der Waals surface area contributed by atoms with E-state index >= 15 is 0 Å². The lowest BCUT2D eigenvalue weighted by Crippen LogP contribution is -2.58. The number of ether oxygens (including phenoxy) is 1. The van der Waals surface area contributed by atoms with Crippen LogP contribution in [0.5, 0.6) is 0 Å². The zero-order chi connectivity index (χ0) is 24.8. The highest BCUT2D eigenvalue weighted by Gasteiger charge is 2.39. The molecule has 0 bridgehead atoms. The number of hydrogen-bond donors (Lipinski definition) is 2. The number of nitrogens with one attached hydrogen (secondary N) is 2. The fourth-order valence-electron chi connectivity index (χ4n) is 4.54. The lowest BCUT2D eigenvalue weighted by molar-refractivity contribution is -0.139. The van der Waals surface area contributed by atoms with Crippen molar-refractivity contribution in [3.05, 3.63) is 46.9 Å². The van der Waals surface area contributed by atoms with Gasteiger partial charge in [-0.2, -0.15) is 0 Å². The van der Waals surface area contributed by atoms with Crippen LogP contribution in [0.15, 0.2) is 35.5 Å². The third-order valence-electron chi connectivity index (χ3n) is 6.11. The number of carbonyl (C=O) groups excluding carboxylic acids is 3. The molecule has 1 saturated heterocycles. The molecule has 4 amide bonds. The molecule has 0 radical (unpaired) electrons. The van der Waals surface area contributed by atoms with E-state index in [1.807, 2.05) is 20.8 Å². The number of piperazine rings is 1. The summed E-state index contributed by atoms with van der Waals surface area (Å²) in [5, 5.41) is 5.68. The summed E-state index contributed by atoms with van der Waals surface area (Å²) in [5.74, 6) is -0.996. The van der Waals surface area contributed by atoms with Gasteiger partial charge in [-0.15, -0.1) is 0 Å². The van der Waals surface area contributed by atoms with Gasteiger partial charge in [0.15, 0.2) is 0 Å². The SMILES string of the molecule is CCNC(=O)N1CCN(CC2=C(C(=O)OCC)C(c3cccc(F)c3)NC(=O)N2CC)CC1C. The molecule has 186 valence electrons. The van der Waals surface area contributed by atoms with Crippen molar-refractivity contribution in [2.24, 2.45) is 0 Å². The van der Waals surface area contributed by atoms with E-state index < -0.39 is 17.8 Å². The summed E-state index contributed by atoms with van der Waals surface area (Å²) in [5.41, 5.74) is 1.31. The van der Waals surface area contributed by atoms with Crippen LogP contribution in [0.3, 0.4) is 0 Å². The Balaban J connectivity index is 1.96. The lowest BCUT2D eigenvalue weighted by atomic mass is 9.94. The lowest BCUT2D eigenvalue weighted by Gasteiger charge is -2.42. The molecule has 2 aliphatic heterocycles. The molecule has 2 N–H and O–H groups in total. The Kier molecular flexibility index (Phi) is 8.49. The van der Waals surface area contributed by atoms with E-state index in [4.69, 9.17) is 4.74 Å². The molecule has 1 fully saturated rings. The van der Waals surface area contributed by atoms with Crippen molar-refractivity contribution in [3.8, 4) is 0 Å². The first kappa shape index (κ1) is 25.5. The van der Waals surface area contributed by atoms with E-state index in [9.17, 15) is 18.8 Å². The van der Waals surface area contributed by atoms with Gasteiger partial charge in [0.25, 0.3) is 0 Å². The maximum atomic E-state index is 14.0. The first-order valence-electron chi connectivity index (χ1n) is 11.8. The van der Waals surface area contributed by atoms with Crippen LogP contribution in [-0.2, 0) is 9.53 Å². The minimum atomic E-state index is -0.825. The third kappa shape index (κ3) is 5.49. The Bertz CT molecular complexity index is 953. The summed E-state index contributed by atoms with van der Waals surface area (Å²) in [7, 11) is 0. The third-order valence-corrected chi connectivity index (χ3v) is 6.11. The van der Waals surface area contributed by atoms with Crippen molar-refractivity contribution >= 4 is 18.0 Å². The monoisotopic (exact) mass is 475 g/mol. The highest BCUT2D eigenvalue weighted by molar-refractivity contribution is 5.95. The van der Waals surface area contributed by atoms with Crippen molar-refractivity contribution in [2.75, 3.05) is 45.9 Å². The fourth-order valence-corrected chi connectivity index (χ4v) is 4.54. The number of nitrogens with zero attached hydrogens (tertiary/aromatic N) is 3. The number of halogens is 1. The van der Waals surface area contributed by atoms with Crippen LogP contribution in [-0.4, -0.2) is 84.6 Å². The predicted octanol–water partition coefficient (Wildman–Crippen LogP) is 2.46. The van der Waals surface area contributed by atoms with Crippen molar-refractivity contribution in [2.45, 2.75) is 39.8 Å². The average molecular weight is 476 g/mol. The van der Waals surface area contributed by atoms with Gasteiger partial charge < -0.3 is 20.3 Å². The number of urea groups is 2. The average Bonchev–Trinajstić information content (AvgIpc) is 2.79. The minimum Gasteiger partial charge on any atom is -0.463 e. The van der Waals surface area contributed by atoms with Gasteiger partial charge in [-0.05, 0) is 45.4 Å². The summed E-state index contributed by atoms with van der Waals surface area (Å²) in [6, 6.07) is 4.54. The minimum absolute atomic E-state index is 0.0431. The van der Waals surface area contributed by atoms with E-state index in [0.29, 0.717) is 56.1 Å². The number of amides is 4. The molecule has 0 aromatic heterocycles. The van der Waals surface area contributed by atoms with E-state index in [-0.39, 0.29) is 24.7 Å². The second-order valence-corrected chi connectivity index (χ2v) is 8.38. The first-order valence-corrected chi connectivity index (χ1v) is 11.8. The Labute approximate surface area is 199 Å². The molecule has 2 aliphatic rings. The Morgan fingerprint density at radius 2 is 2.00 bits per heavy atom. The second-order valence-electron chi connectivity index (χ2n) is 8.38. The van der Waals surface area contributed by atoms with Crippen LogP contribution in [0.2, 0.25) is 0 Å². The van der Waals surface area contributed by atoms with Gasteiger partial charge >= 0.3 is 18.0 Å². The number of likely N-dealkylation sites (N-methyl/N-ethyl adjacent to an activating group) is 1. The van der Waals surface area contributed by atoms with Crippen molar-refractivity contribution < 1.29 is 23.5 Å². The van der Waals surface area contributed by atoms with Gasteiger partial charge in [0, 0.05) is 51.0 Å². The summed E-state index contributed by atoms with van der Waals surface area (Å²) in [6.07, 6.45) is 0. The Hall–Kier alpha value is -3.14. The standard InChI is InChI=1S/C24H34FN5O4/c1-5-26-23(32)30-12-11-28(14-16(30)4)15-19-20(22(31)34-7-3)21(27-24(33)29(19)6-2)17-9-8-10-18(25)13-17/h8-10,13,16,21H,5-7,11-12,14-15H2,1-4H3,(H,26,32)(H,27,33). The smallest absolute Gasteiger partial charge is 0.338 e. The van der Waals surface area contributed by atoms with Crippen LogP contribution in [0, 0.1) is 5.82 Å². The number of rotatable bonds is 7. The molecule has 0 spiro atoms. The number of esters is 1. The summed E-state index contributed by atoms with van der Waals surface area (Å²) in [6.45, 7) is 10.5. The zero-order valence-electron chi connectivity index (χ0n) is 20.3. The molecule has 0 aliphatic carbocycles. The highest BCUT2D eigenvalue weighted by Crippen LogP contribution is 2.32. The predicted molar refractivity (Wildman–Crippen MR) is 125 cm³/mol. The van der Waals surface area contributed by atoms with E-state index in [0.717, 1.165) is 0 Å². The number of carbonyl (C=O) groups is 3. The van der Waals surface area contributed by atoms with E-state index in [2.05, 4.69) is 15.5 Å². The largest absolute Gasteiger partial charge is 0.463 e. The summed E-state index contributed by atoms with van der Waals surface area (Å²) < 4.78 is 19.4. The molecule has 1 aromatic rings. The quantitative estimate of drug-likeness (QED) is 0.591. The molecule has 2 atom stereocenters. The molecular weight excluding hydrogens is 441 g/mol. The normalized spacial score (nSPS) is 21.4. The summed E-state index contributed by atoms with van der Waals surface area (Å²) >= 11 is 0. The van der Waals surface area contributed by atoms with Crippen LogP contribution in [0.1, 0.15) is 39.3 Å². The van der Waals surface area contributed by atoms with Crippen LogP contribution < -0.4 is 10.6 Å². The van der Waals surface area contributed by atoms with Gasteiger partial charge in [0.1, 0.15) is 5.82 Å². The van der Waals surface area contributed by atoms with Crippen molar-refractivity contribution in [1.29, 1.82) is 0 Å². The van der Waals surface area contributed by atoms with Crippen molar-refractivity contribution in [1.82, 2.24) is 25.3 Å². The van der Waals surface area contributed by atoms with Crippen LogP contribution >= 0.6 is 0 Å². The van der Waals surface area contributed by atoms with Gasteiger partial charge in [-0.3, -0.25) is 9.80 Å². The molecule has 2 unspecified atom stereocenters. The molecule has 10 heteroatoms. The van der Waals surface area contributed by atoms with E-state index in [1.165, 1.54) is 17.0 Å². The molecular formula is C24H34FN5O4. The topological polar surface area (TPSA) is 94.2 Å². The maximum absolute atomic E-state index is 14.0. The fraction of sp³-hybridized carbons (Fsp3) is 0.542. The van der Waals surface area contributed by atoms with Gasteiger partial charge in [-0.1, -0.05) is 12.1 Å². The molecule has 0 saturated carbocycles. The Morgan fingerprint density at radius 1 is 1.24 bits per heavy atom. The molecule has 3 rings (SSSR count). The maximum Gasteiger partial charge on any atom is 0.338 e. The zero-order valence-corrected chi connectivity index (χ0v) is 20.3. The van der Waals surface area contributed by atoms with Crippen molar-refractivity contribution in [3.63, 3.8) is 0 Å². The van der Waals surface area contributed by atoms with Gasteiger partial charge in [0.2, 0.25) is 0 Å². The number of hydrogen-bond acceptors (Lipinski definition) is 5. The second kappa shape index (κ2) is 11.3. The van der Waals surface area contributed by atoms with E-state index in [1.54, 1.807) is 24.0 Å². The number of benzene rings is 1. The highest BCUT2D eigenvalue weighted by atomic mass is 19.1. The van der Waals surface area contributed by atoms with Crippen LogP contribution in [0.25, 0.3) is 0 Å². The molecule has 9 nitrogen and oxygen atoms in total.